The molecule has 1 amide bonds. The third-order valence-corrected chi connectivity index (χ3v) is 5.76. The lowest BCUT2D eigenvalue weighted by Crippen LogP contribution is -2.47. The predicted octanol–water partition coefficient (Wildman–Crippen LogP) is 0.643. The van der Waals surface area contributed by atoms with E-state index in [-0.39, 0.29) is 11.3 Å². The van der Waals surface area contributed by atoms with Crippen molar-refractivity contribution < 1.29 is 27.9 Å². The van der Waals surface area contributed by atoms with Gasteiger partial charge in [-0.1, -0.05) is 24.3 Å². The Hall–Kier alpha value is -2.98. The maximum Gasteiger partial charge on any atom is 0.303 e. The molecule has 29 heavy (non-hydrogen) atoms. The Morgan fingerprint density at radius 3 is 2.41 bits per heavy atom. The molecule has 0 saturated heterocycles. The van der Waals surface area contributed by atoms with Crippen molar-refractivity contribution in [2.24, 2.45) is 0 Å². The molecule has 0 unspecified atom stereocenters. The molecule has 9 nitrogen and oxygen atoms in total. The van der Waals surface area contributed by atoms with Gasteiger partial charge in [-0.2, -0.15) is 4.72 Å². The van der Waals surface area contributed by atoms with Crippen LogP contribution in [0.4, 0.5) is 5.69 Å². The van der Waals surface area contributed by atoms with Crippen LogP contribution in [0, 0.1) is 0 Å². The monoisotopic (exact) mass is 420 g/mol. The second kappa shape index (κ2) is 9.48. The first-order chi connectivity index (χ1) is 13.7. The number of amides is 1. The summed E-state index contributed by atoms with van der Waals surface area (Å²) in [6.45, 7) is -0.426. The molecule has 10 heteroatoms. The van der Waals surface area contributed by atoms with E-state index in [1.165, 1.54) is 12.4 Å². The number of nitrogens with zero attached hydrogens (tertiary/aromatic N) is 1. The Balaban J connectivity index is 2.44. The van der Waals surface area contributed by atoms with Gasteiger partial charge in [0.1, 0.15) is 6.04 Å². The highest BCUT2D eigenvalue weighted by molar-refractivity contribution is 7.89. The summed E-state index contributed by atoms with van der Waals surface area (Å²) in [5.74, 6) is -1.97. The first kappa shape index (κ1) is 22.3. The van der Waals surface area contributed by atoms with Crippen LogP contribution in [0.15, 0.2) is 41.3 Å². The van der Waals surface area contributed by atoms with Gasteiger partial charge < -0.3 is 15.3 Å². The minimum absolute atomic E-state index is 0.0335. The summed E-state index contributed by atoms with van der Waals surface area (Å²) < 4.78 is 28.3. The number of anilines is 1. The summed E-state index contributed by atoms with van der Waals surface area (Å²) in [6, 6.07) is 8.68. The number of nitrogens with one attached hydrogen (secondary N) is 2. The van der Waals surface area contributed by atoms with E-state index in [9.17, 15) is 22.8 Å². The van der Waals surface area contributed by atoms with E-state index in [0.717, 1.165) is 5.69 Å². The molecule has 0 bridgehead atoms. The SMILES string of the molecule is CN(C)c1cccc2c(S(=O)(=O)N[C@@H](CCC(=O)O)C(=O)NC[C]=O)cccc12. The number of hydrogen-bond donors (Lipinski definition) is 3. The summed E-state index contributed by atoms with van der Waals surface area (Å²) in [6.07, 6.45) is 0.778. The van der Waals surface area contributed by atoms with Crippen LogP contribution < -0.4 is 14.9 Å². The molecular formula is C19H22N3O6S. The maximum atomic E-state index is 13.0. The second-order valence-electron chi connectivity index (χ2n) is 6.49. The molecule has 0 aliphatic rings. The maximum absolute atomic E-state index is 13.0. The van der Waals surface area contributed by atoms with Crippen molar-refractivity contribution in [2.75, 3.05) is 25.5 Å². The standard InChI is InChI=1S/C19H22N3O6S/c1-22(2)16-7-3-6-14-13(16)5-4-8-17(14)29(27,28)21-15(9-10-18(24)25)19(26)20-11-12-23/h3-8,15,21H,9-11H2,1-2H3,(H,20,26)(H,24,25)/t15-/m0/s1. The summed E-state index contributed by atoms with van der Waals surface area (Å²) >= 11 is 0. The molecule has 2 rings (SSSR count). The van der Waals surface area contributed by atoms with Crippen molar-refractivity contribution in [1.82, 2.24) is 10.0 Å². The Bertz CT molecular complexity index is 1020. The Kier molecular flexibility index (Phi) is 7.29. The number of carboxylic acids is 1. The van der Waals surface area contributed by atoms with Crippen molar-refractivity contribution >= 4 is 44.6 Å². The van der Waals surface area contributed by atoms with Gasteiger partial charge in [0.2, 0.25) is 22.2 Å². The van der Waals surface area contributed by atoms with E-state index in [4.69, 9.17) is 5.11 Å². The van der Waals surface area contributed by atoms with Crippen LogP contribution >= 0.6 is 0 Å². The number of benzene rings is 2. The number of sulfonamides is 1. The van der Waals surface area contributed by atoms with E-state index in [1.54, 1.807) is 24.3 Å². The van der Waals surface area contributed by atoms with Crippen molar-refractivity contribution in [1.29, 1.82) is 0 Å². The molecular weight excluding hydrogens is 398 g/mol. The highest BCUT2D eigenvalue weighted by Crippen LogP contribution is 2.30. The summed E-state index contributed by atoms with van der Waals surface area (Å²) in [5.41, 5.74) is 0.821. The van der Waals surface area contributed by atoms with E-state index in [0.29, 0.717) is 10.8 Å². The molecule has 0 fully saturated rings. The Morgan fingerprint density at radius 2 is 1.79 bits per heavy atom. The minimum Gasteiger partial charge on any atom is -0.481 e. The first-order valence-corrected chi connectivity index (χ1v) is 10.2. The number of fused-ring (bicyclic) bond motifs is 1. The smallest absolute Gasteiger partial charge is 0.303 e. The van der Waals surface area contributed by atoms with E-state index < -0.39 is 40.9 Å². The number of carbonyl (C=O) groups excluding carboxylic acids is 2. The van der Waals surface area contributed by atoms with Crippen LogP contribution in [0.3, 0.4) is 0 Å². The first-order valence-electron chi connectivity index (χ1n) is 8.73. The normalized spacial score (nSPS) is 12.3. The van der Waals surface area contributed by atoms with Gasteiger partial charge in [-0.05, 0) is 18.6 Å². The molecule has 0 saturated carbocycles. The largest absolute Gasteiger partial charge is 0.481 e. The zero-order valence-corrected chi connectivity index (χ0v) is 16.8. The number of rotatable bonds is 10. The van der Waals surface area contributed by atoms with Crippen LogP contribution in [0.1, 0.15) is 12.8 Å². The lowest BCUT2D eigenvalue weighted by molar-refractivity contribution is -0.137. The van der Waals surface area contributed by atoms with Crippen molar-refractivity contribution in [2.45, 2.75) is 23.8 Å². The van der Waals surface area contributed by atoms with Crippen LogP contribution in [-0.2, 0) is 24.4 Å². The van der Waals surface area contributed by atoms with E-state index in [2.05, 4.69) is 10.0 Å². The number of hydrogen-bond acceptors (Lipinski definition) is 6. The van der Waals surface area contributed by atoms with Crippen LogP contribution in [-0.4, -0.2) is 58.4 Å². The molecule has 0 spiro atoms. The average Bonchev–Trinajstić information content (AvgIpc) is 2.67. The third-order valence-electron chi connectivity index (χ3n) is 4.23. The molecule has 0 aromatic heterocycles. The minimum atomic E-state index is -4.17. The van der Waals surface area contributed by atoms with E-state index >= 15 is 0 Å². The highest BCUT2D eigenvalue weighted by atomic mass is 32.2. The number of carboxylic acid groups (broad SMARTS) is 1. The molecule has 0 aliphatic carbocycles. The molecule has 155 valence electrons. The van der Waals surface area contributed by atoms with Crippen molar-refractivity contribution in [3.05, 3.63) is 36.4 Å². The number of aliphatic carboxylic acids is 1. The van der Waals surface area contributed by atoms with Crippen LogP contribution in [0.25, 0.3) is 10.8 Å². The van der Waals surface area contributed by atoms with Gasteiger partial charge in [-0.25, -0.2) is 8.42 Å². The summed E-state index contributed by atoms with van der Waals surface area (Å²) in [7, 11) is -0.492. The van der Waals surface area contributed by atoms with Gasteiger partial charge in [0.05, 0.1) is 11.4 Å². The van der Waals surface area contributed by atoms with Gasteiger partial charge in [0, 0.05) is 37.0 Å². The van der Waals surface area contributed by atoms with Crippen molar-refractivity contribution in [3.8, 4) is 0 Å². The molecule has 1 radical (unpaired) electrons. The number of carbonyl (C=O) groups is 2. The van der Waals surface area contributed by atoms with Gasteiger partial charge in [-0.3, -0.25) is 14.4 Å². The summed E-state index contributed by atoms with van der Waals surface area (Å²) in [4.78, 5) is 35.3. The fraction of sp³-hybridized carbons (Fsp3) is 0.316. The average molecular weight is 420 g/mol. The quantitative estimate of drug-likeness (QED) is 0.514. The zero-order chi connectivity index (χ0) is 21.6. The Labute approximate surface area is 168 Å². The van der Waals surface area contributed by atoms with Crippen LogP contribution in [0.2, 0.25) is 0 Å². The molecule has 1 atom stereocenters. The van der Waals surface area contributed by atoms with Gasteiger partial charge >= 0.3 is 5.97 Å². The lowest BCUT2D eigenvalue weighted by atomic mass is 10.1. The third kappa shape index (κ3) is 5.52. The van der Waals surface area contributed by atoms with Crippen molar-refractivity contribution in [3.63, 3.8) is 0 Å². The Morgan fingerprint density at radius 1 is 1.14 bits per heavy atom. The van der Waals surface area contributed by atoms with Gasteiger partial charge in [-0.15, -0.1) is 0 Å². The predicted molar refractivity (Wildman–Crippen MR) is 108 cm³/mol. The molecule has 3 N–H and O–H groups in total. The lowest BCUT2D eigenvalue weighted by Gasteiger charge is -2.19. The fourth-order valence-corrected chi connectivity index (χ4v) is 4.35. The molecule has 0 heterocycles. The molecule has 2 aromatic carbocycles. The molecule has 2 aromatic rings. The second-order valence-corrected chi connectivity index (χ2v) is 8.17. The van der Waals surface area contributed by atoms with Gasteiger partial charge in [0.15, 0.2) is 0 Å². The fourth-order valence-electron chi connectivity index (χ4n) is 2.90. The topological polar surface area (TPSA) is 133 Å². The zero-order valence-electron chi connectivity index (χ0n) is 16.0. The van der Waals surface area contributed by atoms with E-state index in [1.807, 2.05) is 25.1 Å². The highest BCUT2D eigenvalue weighted by Gasteiger charge is 2.27. The molecule has 0 aliphatic heterocycles. The van der Waals surface area contributed by atoms with Crippen LogP contribution in [0.5, 0.6) is 0 Å². The van der Waals surface area contributed by atoms with Gasteiger partial charge in [0.25, 0.3) is 0 Å². The summed E-state index contributed by atoms with van der Waals surface area (Å²) in [5, 5.41) is 12.3.